The number of allylic oxidation sites excluding steroid dienone is 1. The highest BCUT2D eigenvalue weighted by atomic mass is 32.2. The molecular formula is C23H19NO5S. The molecular weight excluding hydrogens is 402 g/mol. The number of hydrogen-bond acceptors (Lipinski definition) is 6. The molecule has 0 atom stereocenters. The van der Waals surface area contributed by atoms with E-state index in [2.05, 4.69) is 6.07 Å². The first kappa shape index (κ1) is 21.0. The van der Waals surface area contributed by atoms with Crippen molar-refractivity contribution in [3.8, 4) is 23.3 Å². The molecule has 3 aromatic carbocycles. The molecule has 0 N–H and O–H groups in total. The fourth-order valence-corrected chi connectivity index (χ4v) is 3.68. The third kappa shape index (κ3) is 4.80. The minimum absolute atomic E-state index is 0.0780. The van der Waals surface area contributed by atoms with Crippen LogP contribution in [0.25, 0.3) is 11.6 Å². The Kier molecular flexibility index (Phi) is 6.40. The van der Waals surface area contributed by atoms with Gasteiger partial charge in [-0.25, -0.2) is 0 Å². The summed E-state index contributed by atoms with van der Waals surface area (Å²) >= 11 is 0. The van der Waals surface area contributed by atoms with Gasteiger partial charge in [0, 0.05) is 0 Å². The maximum Gasteiger partial charge on any atom is 0.339 e. The topological polar surface area (TPSA) is 85.6 Å². The maximum absolute atomic E-state index is 12.3. The molecule has 0 amide bonds. The van der Waals surface area contributed by atoms with Gasteiger partial charge in [-0.2, -0.15) is 13.7 Å². The summed E-state index contributed by atoms with van der Waals surface area (Å²) in [6.07, 6.45) is 1.69. The van der Waals surface area contributed by atoms with Gasteiger partial charge in [-0.3, -0.25) is 0 Å². The Balaban J connectivity index is 1.83. The lowest BCUT2D eigenvalue weighted by Crippen LogP contribution is -2.09. The summed E-state index contributed by atoms with van der Waals surface area (Å²) in [5, 5.41) is 9.57. The molecule has 3 rings (SSSR count). The predicted octanol–water partition coefficient (Wildman–Crippen LogP) is 4.54. The largest absolute Gasteiger partial charge is 0.493 e. The van der Waals surface area contributed by atoms with Crippen LogP contribution in [-0.4, -0.2) is 22.6 Å². The highest BCUT2D eigenvalue weighted by Crippen LogP contribution is 2.31. The third-order valence-electron chi connectivity index (χ3n) is 4.24. The van der Waals surface area contributed by atoms with Crippen molar-refractivity contribution in [2.24, 2.45) is 0 Å². The number of benzene rings is 3. The van der Waals surface area contributed by atoms with Crippen LogP contribution in [0.1, 0.15) is 11.1 Å². The van der Waals surface area contributed by atoms with E-state index in [0.29, 0.717) is 28.2 Å². The first-order valence-electron chi connectivity index (χ1n) is 8.90. The summed E-state index contributed by atoms with van der Waals surface area (Å²) in [7, 11) is -0.835. The van der Waals surface area contributed by atoms with Crippen LogP contribution >= 0.6 is 0 Å². The summed E-state index contributed by atoms with van der Waals surface area (Å²) in [4.78, 5) is 0.0780. The van der Waals surface area contributed by atoms with Gasteiger partial charge >= 0.3 is 10.1 Å². The molecule has 0 fully saturated rings. The highest BCUT2D eigenvalue weighted by molar-refractivity contribution is 7.87. The molecule has 6 nitrogen and oxygen atoms in total. The third-order valence-corrected chi connectivity index (χ3v) is 5.51. The van der Waals surface area contributed by atoms with Crippen molar-refractivity contribution >= 4 is 21.8 Å². The molecule has 0 aliphatic rings. The first-order chi connectivity index (χ1) is 14.5. The van der Waals surface area contributed by atoms with Crippen LogP contribution in [0, 0.1) is 11.3 Å². The van der Waals surface area contributed by atoms with Crippen LogP contribution in [-0.2, 0) is 10.1 Å². The maximum atomic E-state index is 12.3. The zero-order chi connectivity index (χ0) is 21.6. The zero-order valence-electron chi connectivity index (χ0n) is 16.4. The minimum Gasteiger partial charge on any atom is -0.493 e. The molecule has 30 heavy (non-hydrogen) atoms. The molecule has 3 aromatic rings. The Morgan fingerprint density at radius 3 is 2.17 bits per heavy atom. The Bertz CT molecular complexity index is 1190. The summed E-state index contributed by atoms with van der Waals surface area (Å²) in [5.74, 6) is 1.27. The lowest BCUT2D eigenvalue weighted by molar-refractivity contribution is 0.355. The normalized spacial score (nSPS) is 11.4. The lowest BCUT2D eigenvalue weighted by Gasteiger charge is -2.09. The number of ether oxygens (including phenoxy) is 2. The van der Waals surface area contributed by atoms with E-state index in [-0.39, 0.29) is 10.6 Å². The van der Waals surface area contributed by atoms with Crippen LogP contribution in [0.5, 0.6) is 17.2 Å². The lowest BCUT2D eigenvalue weighted by atomic mass is 10.0. The van der Waals surface area contributed by atoms with E-state index in [9.17, 15) is 13.7 Å². The van der Waals surface area contributed by atoms with E-state index in [0.717, 1.165) is 0 Å². The van der Waals surface area contributed by atoms with E-state index >= 15 is 0 Å². The standard InChI is InChI=1S/C23H19NO5S/c1-27-22-13-10-18(15-23(22)28-2)19(16-24)14-17-8-11-20(12-9-17)29-30(25,26)21-6-4-3-5-7-21/h3-15H,1-2H3/b19-14+. The van der Waals surface area contributed by atoms with Gasteiger partial charge in [0.25, 0.3) is 0 Å². The summed E-state index contributed by atoms with van der Waals surface area (Å²) < 4.78 is 40.3. The fourth-order valence-electron chi connectivity index (χ4n) is 2.73. The summed E-state index contributed by atoms with van der Waals surface area (Å²) in [5.41, 5.74) is 1.80. The molecule has 0 heterocycles. The number of rotatable bonds is 7. The van der Waals surface area contributed by atoms with Crippen LogP contribution in [0.15, 0.2) is 77.7 Å². The minimum atomic E-state index is -3.90. The molecule has 0 aliphatic carbocycles. The quantitative estimate of drug-likeness (QED) is 0.316. The van der Waals surface area contributed by atoms with Crippen molar-refractivity contribution in [2.45, 2.75) is 4.90 Å². The molecule has 0 unspecified atom stereocenters. The van der Waals surface area contributed by atoms with E-state index in [1.807, 2.05) is 0 Å². The number of hydrogen-bond donors (Lipinski definition) is 0. The molecule has 0 aromatic heterocycles. The first-order valence-corrected chi connectivity index (χ1v) is 10.3. The molecule has 0 saturated heterocycles. The Labute approximate surface area is 175 Å². The second-order valence-electron chi connectivity index (χ2n) is 6.16. The van der Waals surface area contributed by atoms with Gasteiger partial charge in [0.15, 0.2) is 11.5 Å². The van der Waals surface area contributed by atoms with Crippen molar-refractivity contribution in [1.82, 2.24) is 0 Å². The smallest absolute Gasteiger partial charge is 0.339 e. The highest BCUT2D eigenvalue weighted by Gasteiger charge is 2.15. The Morgan fingerprint density at radius 2 is 1.57 bits per heavy atom. The second-order valence-corrected chi connectivity index (χ2v) is 7.71. The summed E-state index contributed by atoms with van der Waals surface area (Å²) in [6, 6.07) is 21.7. The van der Waals surface area contributed by atoms with E-state index in [1.165, 1.54) is 31.4 Å². The van der Waals surface area contributed by atoms with Crippen molar-refractivity contribution in [1.29, 1.82) is 5.26 Å². The molecule has 0 saturated carbocycles. The van der Waals surface area contributed by atoms with E-state index in [4.69, 9.17) is 13.7 Å². The Hall–Kier alpha value is -3.76. The SMILES string of the molecule is COc1ccc(/C(C#N)=C/c2ccc(OS(=O)(=O)c3ccccc3)cc2)cc1OC. The van der Waals surface area contributed by atoms with Crippen LogP contribution in [0.3, 0.4) is 0 Å². The molecule has 0 bridgehead atoms. The van der Waals surface area contributed by atoms with Crippen molar-refractivity contribution in [3.63, 3.8) is 0 Å². The van der Waals surface area contributed by atoms with Crippen LogP contribution < -0.4 is 13.7 Å². The summed E-state index contributed by atoms with van der Waals surface area (Å²) in [6.45, 7) is 0. The fraction of sp³-hybridized carbons (Fsp3) is 0.0870. The number of nitriles is 1. The molecule has 7 heteroatoms. The van der Waals surface area contributed by atoms with Crippen LogP contribution in [0.2, 0.25) is 0 Å². The Morgan fingerprint density at radius 1 is 0.900 bits per heavy atom. The van der Waals surface area contributed by atoms with Crippen LogP contribution in [0.4, 0.5) is 0 Å². The average Bonchev–Trinajstić information content (AvgIpc) is 2.78. The van der Waals surface area contributed by atoms with Gasteiger partial charge in [0.05, 0.1) is 25.9 Å². The van der Waals surface area contributed by atoms with Gasteiger partial charge < -0.3 is 13.7 Å². The monoisotopic (exact) mass is 421 g/mol. The molecule has 0 spiro atoms. The molecule has 152 valence electrons. The van der Waals surface area contributed by atoms with E-state index in [1.54, 1.807) is 61.7 Å². The second kappa shape index (κ2) is 9.16. The van der Waals surface area contributed by atoms with E-state index < -0.39 is 10.1 Å². The van der Waals surface area contributed by atoms with Gasteiger partial charge in [0.2, 0.25) is 0 Å². The average molecular weight is 421 g/mol. The van der Waals surface area contributed by atoms with Gasteiger partial charge in [-0.15, -0.1) is 0 Å². The van der Waals surface area contributed by atoms with Gasteiger partial charge in [-0.05, 0) is 59.7 Å². The van der Waals surface area contributed by atoms with Crippen molar-refractivity contribution in [3.05, 3.63) is 83.9 Å². The van der Waals surface area contributed by atoms with Gasteiger partial charge in [-0.1, -0.05) is 30.3 Å². The predicted molar refractivity (Wildman–Crippen MR) is 114 cm³/mol. The van der Waals surface area contributed by atoms with Crippen molar-refractivity contribution in [2.75, 3.05) is 14.2 Å². The van der Waals surface area contributed by atoms with Gasteiger partial charge in [0.1, 0.15) is 10.6 Å². The number of nitrogens with zero attached hydrogens (tertiary/aromatic N) is 1. The molecule has 0 aliphatic heterocycles. The molecule has 0 radical (unpaired) electrons. The zero-order valence-corrected chi connectivity index (χ0v) is 17.2. The number of methoxy groups -OCH3 is 2. The van der Waals surface area contributed by atoms with Crippen molar-refractivity contribution < 1.29 is 22.1 Å².